The van der Waals surface area contributed by atoms with E-state index >= 15 is 0 Å². The maximum Gasteiger partial charge on any atom is 0.339 e. The fourth-order valence-electron chi connectivity index (χ4n) is 4.25. The number of esters is 1. The van der Waals surface area contributed by atoms with E-state index in [1.165, 1.54) is 19.1 Å². The highest BCUT2D eigenvalue weighted by Gasteiger charge is 2.29. The number of fused-ring (bicyclic) bond motifs is 2. The molecule has 9 nitrogen and oxygen atoms in total. The highest BCUT2D eigenvalue weighted by molar-refractivity contribution is 6.06. The predicted molar refractivity (Wildman–Crippen MR) is 132 cm³/mol. The summed E-state index contributed by atoms with van der Waals surface area (Å²) in [5.41, 5.74) is 3.66. The number of hydrogen-bond donors (Lipinski definition) is 1. The number of nitrogens with one attached hydrogen (secondary N) is 1. The number of rotatable bonds is 6. The van der Waals surface area contributed by atoms with Gasteiger partial charge in [-0.25, -0.2) is 4.79 Å². The lowest BCUT2D eigenvalue weighted by Gasteiger charge is -2.32. The monoisotopic (exact) mass is 476 g/mol. The van der Waals surface area contributed by atoms with Crippen molar-refractivity contribution in [3.8, 4) is 0 Å². The van der Waals surface area contributed by atoms with Gasteiger partial charge in [0.15, 0.2) is 6.10 Å². The molecule has 9 heteroatoms. The van der Waals surface area contributed by atoms with Crippen molar-refractivity contribution < 1.29 is 19.2 Å². The molecule has 4 rings (SSSR count). The molecular weight excluding hydrogens is 448 g/mol. The Morgan fingerprint density at radius 3 is 2.63 bits per heavy atom. The van der Waals surface area contributed by atoms with Crippen LogP contribution in [-0.4, -0.2) is 45.4 Å². The first kappa shape index (κ1) is 24.3. The van der Waals surface area contributed by atoms with Crippen LogP contribution in [0.25, 0.3) is 10.9 Å². The number of carbonyl (C=O) groups excluding carboxylic acids is 2. The fraction of sp³-hybridized carbons (Fsp3) is 0.346. The van der Waals surface area contributed by atoms with Crippen LogP contribution in [0.3, 0.4) is 0 Å². The quantitative estimate of drug-likeness (QED) is 0.318. The molecule has 35 heavy (non-hydrogen) atoms. The Kier molecular flexibility index (Phi) is 6.79. The topological polar surface area (TPSA) is 115 Å². The zero-order valence-corrected chi connectivity index (χ0v) is 20.2. The third kappa shape index (κ3) is 5.00. The highest BCUT2D eigenvalue weighted by atomic mass is 16.6. The Morgan fingerprint density at radius 1 is 1.17 bits per heavy atom. The maximum atomic E-state index is 13.4. The molecule has 1 unspecified atom stereocenters. The number of pyridine rings is 1. The lowest BCUT2D eigenvalue weighted by Crippen LogP contribution is -2.37. The van der Waals surface area contributed by atoms with Crippen LogP contribution in [0.1, 0.15) is 48.0 Å². The second-order valence-corrected chi connectivity index (χ2v) is 9.04. The van der Waals surface area contributed by atoms with Gasteiger partial charge in [-0.2, -0.15) is 0 Å². The molecule has 1 amide bonds. The number of ether oxygens (including phenoxy) is 1. The fourth-order valence-corrected chi connectivity index (χ4v) is 4.25. The Balaban J connectivity index is 1.61. The number of nitrogens with zero attached hydrogens (tertiary/aromatic N) is 3. The van der Waals surface area contributed by atoms with Gasteiger partial charge in [-0.05, 0) is 39.3 Å². The van der Waals surface area contributed by atoms with E-state index in [4.69, 9.17) is 9.72 Å². The standard InChI is InChI=1S/C26H28N4O5/c1-15(2)29-12-11-22-20(14-29)24(19-7-5-6-8-21(19)27-22)26(32)35-17(4)25(31)28-23-13-18(30(33)34)10-9-16(23)3/h5-10,13,15,17H,11-12,14H2,1-4H3,(H,28,31). The number of carbonyl (C=O) groups is 2. The summed E-state index contributed by atoms with van der Waals surface area (Å²) in [4.78, 5) is 43.9. The number of nitro groups is 1. The van der Waals surface area contributed by atoms with Gasteiger partial charge in [-0.15, -0.1) is 0 Å². The van der Waals surface area contributed by atoms with E-state index in [1.807, 2.05) is 24.3 Å². The van der Waals surface area contributed by atoms with Gasteiger partial charge in [0.2, 0.25) is 0 Å². The minimum Gasteiger partial charge on any atom is -0.449 e. The van der Waals surface area contributed by atoms with Crippen LogP contribution in [0, 0.1) is 17.0 Å². The second kappa shape index (κ2) is 9.79. The average molecular weight is 477 g/mol. The number of anilines is 1. The van der Waals surface area contributed by atoms with Crippen molar-refractivity contribution in [2.24, 2.45) is 0 Å². The Labute approximate surface area is 203 Å². The number of non-ortho nitro benzene ring substituents is 1. The van der Waals surface area contributed by atoms with Crippen LogP contribution in [0.4, 0.5) is 11.4 Å². The van der Waals surface area contributed by atoms with Crippen molar-refractivity contribution in [2.45, 2.75) is 52.8 Å². The van der Waals surface area contributed by atoms with Crippen LogP contribution in [-0.2, 0) is 22.5 Å². The first-order valence-corrected chi connectivity index (χ1v) is 11.6. The van der Waals surface area contributed by atoms with E-state index in [1.54, 1.807) is 13.0 Å². The van der Waals surface area contributed by atoms with Crippen molar-refractivity contribution in [1.82, 2.24) is 9.88 Å². The predicted octanol–water partition coefficient (Wildman–Crippen LogP) is 4.40. The molecule has 2 heterocycles. The van der Waals surface area contributed by atoms with Gasteiger partial charge in [0.05, 0.1) is 21.7 Å². The van der Waals surface area contributed by atoms with Gasteiger partial charge in [0, 0.05) is 54.3 Å². The zero-order valence-electron chi connectivity index (χ0n) is 20.2. The summed E-state index contributed by atoms with van der Waals surface area (Å²) in [6.45, 7) is 8.86. The van der Waals surface area contributed by atoms with Crippen LogP contribution in [0.2, 0.25) is 0 Å². The van der Waals surface area contributed by atoms with Crippen LogP contribution in [0.5, 0.6) is 0 Å². The van der Waals surface area contributed by atoms with Gasteiger partial charge in [-0.3, -0.25) is 24.8 Å². The van der Waals surface area contributed by atoms with Gasteiger partial charge in [0.25, 0.3) is 11.6 Å². The van der Waals surface area contributed by atoms with E-state index in [0.29, 0.717) is 40.3 Å². The molecule has 1 aliphatic heterocycles. The van der Waals surface area contributed by atoms with Crippen molar-refractivity contribution in [2.75, 3.05) is 11.9 Å². The number of para-hydroxylation sites is 1. The first-order chi connectivity index (χ1) is 16.7. The van der Waals surface area contributed by atoms with Gasteiger partial charge in [0.1, 0.15) is 0 Å². The lowest BCUT2D eigenvalue weighted by atomic mass is 9.95. The molecule has 0 fully saturated rings. The SMILES string of the molecule is Cc1ccc([N+](=O)[O-])cc1NC(=O)C(C)OC(=O)c1c2c(nc3ccccc13)CCN(C(C)C)C2. The van der Waals surface area contributed by atoms with Crippen molar-refractivity contribution in [3.63, 3.8) is 0 Å². The number of amides is 1. The van der Waals surface area contributed by atoms with Gasteiger partial charge >= 0.3 is 5.97 Å². The van der Waals surface area contributed by atoms with E-state index in [-0.39, 0.29) is 5.69 Å². The minimum absolute atomic E-state index is 0.139. The molecule has 1 N–H and O–H groups in total. The van der Waals surface area contributed by atoms with Crippen LogP contribution in [0.15, 0.2) is 42.5 Å². The van der Waals surface area contributed by atoms with Gasteiger partial charge < -0.3 is 10.1 Å². The molecule has 0 bridgehead atoms. The first-order valence-electron chi connectivity index (χ1n) is 11.6. The molecular formula is C26H28N4O5. The van der Waals surface area contributed by atoms with E-state index in [0.717, 1.165) is 24.2 Å². The van der Waals surface area contributed by atoms with E-state index < -0.39 is 22.9 Å². The Bertz CT molecular complexity index is 1320. The summed E-state index contributed by atoms with van der Waals surface area (Å²) in [5.74, 6) is -1.16. The molecule has 1 aliphatic rings. The maximum absolute atomic E-state index is 13.4. The highest BCUT2D eigenvalue weighted by Crippen LogP contribution is 2.30. The Morgan fingerprint density at radius 2 is 1.91 bits per heavy atom. The smallest absolute Gasteiger partial charge is 0.339 e. The largest absolute Gasteiger partial charge is 0.449 e. The van der Waals surface area contributed by atoms with Crippen LogP contribution < -0.4 is 5.32 Å². The number of nitro benzene ring substituents is 1. The zero-order chi connectivity index (χ0) is 25.3. The van der Waals surface area contributed by atoms with Crippen LogP contribution >= 0.6 is 0 Å². The summed E-state index contributed by atoms with van der Waals surface area (Å²) < 4.78 is 5.63. The van der Waals surface area contributed by atoms with Crippen molar-refractivity contribution in [1.29, 1.82) is 0 Å². The molecule has 1 aromatic heterocycles. The molecule has 0 spiro atoms. The lowest BCUT2D eigenvalue weighted by molar-refractivity contribution is -0.384. The summed E-state index contributed by atoms with van der Waals surface area (Å²) in [6.07, 6.45) is -0.394. The number of aromatic nitrogens is 1. The van der Waals surface area contributed by atoms with E-state index in [9.17, 15) is 19.7 Å². The molecule has 0 radical (unpaired) electrons. The number of hydrogen-bond acceptors (Lipinski definition) is 7. The van der Waals surface area contributed by atoms with E-state index in [2.05, 4.69) is 24.1 Å². The summed E-state index contributed by atoms with van der Waals surface area (Å²) >= 11 is 0. The van der Waals surface area contributed by atoms with Crippen molar-refractivity contribution in [3.05, 3.63) is 75.0 Å². The Hall–Kier alpha value is -3.85. The normalized spacial score (nSPS) is 14.4. The summed E-state index contributed by atoms with van der Waals surface area (Å²) in [6, 6.07) is 11.9. The molecule has 182 valence electrons. The molecule has 3 aromatic rings. The molecule has 0 saturated carbocycles. The number of benzene rings is 2. The second-order valence-electron chi connectivity index (χ2n) is 9.04. The molecule has 1 atom stereocenters. The number of aryl methyl sites for hydroxylation is 1. The molecule has 2 aromatic carbocycles. The molecule has 0 aliphatic carbocycles. The molecule has 0 saturated heterocycles. The van der Waals surface area contributed by atoms with Gasteiger partial charge in [-0.1, -0.05) is 24.3 Å². The third-order valence-electron chi connectivity index (χ3n) is 6.35. The summed E-state index contributed by atoms with van der Waals surface area (Å²) in [5, 5.41) is 14.4. The summed E-state index contributed by atoms with van der Waals surface area (Å²) in [7, 11) is 0. The van der Waals surface area contributed by atoms with Crippen molar-refractivity contribution >= 4 is 34.2 Å². The third-order valence-corrected chi connectivity index (χ3v) is 6.35. The minimum atomic E-state index is -1.12. The average Bonchev–Trinajstić information content (AvgIpc) is 2.82.